The van der Waals surface area contributed by atoms with E-state index in [0.717, 1.165) is 23.5 Å². The molecule has 0 saturated carbocycles. The van der Waals surface area contributed by atoms with Gasteiger partial charge in [-0.1, -0.05) is 79.7 Å². The third-order valence-corrected chi connectivity index (χ3v) is 8.21. The van der Waals surface area contributed by atoms with Crippen LogP contribution in [0.4, 0.5) is 4.39 Å². The molecule has 8 heteroatoms. The van der Waals surface area contributed by atoms with Crippen molar-refractivity contribution in [2.45, 2.75) is 38.8 Å². The maximum atomic E-state index is 14.3. The Bertz CT molecular complexity index is 1590. The number of thiazole rings is 1. The normalized spacial score (nSPS) is 11.0. The number of amides is 2. The van der Waals surface area contributed by atoms with Gasteiger partial charge in [-0.3, -0.25) is 9.59 Å². The number of carbonyl (C=O) groups excluding carboxylic acids is 2. The second-order valence-electron chi connectivity index (χ2n) is 10.4. The summed E-state index contributed by atoms with van der Waals surface area (Å²) < 4.78 is 16.4. The largest absolute Gasteiger partial charge is 0.351 e. The summed E-state index contributed by atoms with van der Waals surface area (Å²) in [6.07, 6.45) is 3.45. The lowest BCUT2D eigenvalue weighted by Crippen LogP contribution is -2.32. The van der Waals surface area contributed by atoms with Crippen LogP contribution in [-0.4, -0.2) is 39.4 Å². The van der Waals surface area contributed by atoms with Gasteiger partial charge in [-0.2, -0.15) is 0 Å². The van der Waals surface area contributed by atoms with Crippen molar-refractivity contribution in [2.24, 2.45) is 0 Å². The Morgan fingerprint density at radius 2 is 1.60 bits per heavy atom. The molecule has 2 heterocycles. The van der Waals surface area contributed by atoms with Gasteiger partial charge in [0.1, 0.15) is 16.5 Å². The Balaban J connectivity index is 1.20. The van der Waals surface area contributed by atoms with Gasteiger partial charge >= 0.3 is 0 Å². The zero-order valence-electron chi connectivity index (χ0n) is 24.2. The Morgan fingerprint density at radius 3 is 2.28 bits per heavy atom. The van der Waals surface area contributed by atoms with E-state index >= 15 is 0 Å². The molecule has 2 aromatic heterocycles. The fraction of sp³-hybridized carbons (Fsp3) is 0.229. The van der Waals surface area contributed by atoms with Gasteiger partial charge in [-0.25, -0.2) is 9.37 Å². The highest BCUT2D eigenvalue weighted by Crippen LogP contribution is 2.27. The van der Waals surface area contributed by atoms with E-state index in [1.807, 2.05) is 66.2 Å². The van der Waals surface area contributed by atoms with Crippen LogP contribution in [0.15, 0.2) is 109 Å². The number of carbonyl (C=O) groups is 2. The van der Waals surface area contributed by atoms with Crippen LogP contribution in [0.2, 0.25) is 0 Å². The predicted octanol–water partition coefficient (Wildman–Crippen LogP) is 7.14. The Labute approximate surface area is 255 Å². The maximum Gasteiger partial charge on any atom is 0.270 e. The van der Waals surface area contributed by atoms with E-state index in [4.69, 9.17) is 0 Å². The minimum absolute atomic E-state index is 0.0727. The summed E-state index contributed by atoms with van der Waals surface area (Å²) in [4.78, 5) is 32.4. The maximum absolute atomic E-state index is 14.3. The van der Waals surface area contributed by atoms with E-state index in [1.165, 1.54) is 34.6 Å². The third-order valence-electron chi connectivity index (χ3n) is 7.37. The number of hydrogen-bond donors (Lipinski definition) is 1. The molecular formula is C35H35FN4O2S. The van der Waals surface area contributed by atoms with E-state index in [-0.39, 0.29) is 23.3 Å². The highest BCUT2D eigenvalue weighted by molar-refractivity contribution is 7.09. The van der Waals surface area contributed by atoms with Crippen molar-refractivity contribution < 1.29 is 14.0 Å². The zero-order chi connectivity index (χ0) is 30.0. The molecule has 2 amide bonds. The Hall–Kier alpha value is -4.56. The second kappa shape index (κ2) is 14.6. The number of aromatic nitrogens is 2. The first-order chi connectivity index (χ1) is 21.0. The lowest BCUT2D eigenvalue weighted by Gasteiger charge is -2.23. The summed E-state index contributed by atoms with van der Waals surface area (Å²) in [6, 6.07) is 30.6. The van der Waals surface area contributed by atoms with Gasteiger partial charge in [0, 0.05) is 36.3 Å². The van der Waals surface area contributed by atoms with Crippen LogP contribution < -0.4 is 5.32 Å². The van der Waals surface area contributed by atoms with Crippen molar-refractivity contribution in [1.29, 1.82) is 0 Å². The molecule has 0 aliphatic carbocycles. The fourth-order valence-corrected chi connectivity index (χ4v) is 5.99. The molecule has 0 unspecified atom stereocenters. The molecule has 6 nitrogen and oxygen atoms in total. The van der Waals surface area contributed by atoms with Gasteiger partial charge in [0.25, 0.3) is 11.8 Å². The highest BCUT2D eigenvalue weighted by atomic mass is 32.1. The van der Waals surface area contributed by atoms with Crippen molar-refractivity contribution in [3.8, 4) is 0 Å². The molecule has 1 N–H and O–H groups in total. The molecule has 0 bridgehead atoms. The predicted molar refractivity (Wildman–Crippen MR) is 169 cm³/mol. The van der Waals surface area contributed by atoms with Gasteiger partial charge in [0.15, 0.2) is 0 Å². The summed E-state index contributed by atoms with van der Waals surface area (Å²) in [5, 5.41) is 5.62. The van der Waals surface area contributed by atoms with Crippen LogP contribution in [0.5, 0.6) is 0 Å². The van der Waals surface area contributed by atoms with Gasteiger partial charge < -0.3 is 14.8 Å². The van der Waals surface area contributed by atoms with Crippen molar-refractivity contribution in [3.63, 3.8) is 0 Å². The first kappa shape index (κ1) is 29.9. The summed E-state index contributed by atoms with van der Waals surface area (Å²) in [6.45, 7) is 3.84. The van der Waals surface area contributed by atoms with Crippen LogP contribution in [0.25, 0.3) is 0 Å². The van der Waals surface area contributed by atoms with E-state index in [9.17, 15) is 14.0 Å². The molecule has 0 radical (unpaired) electrons. The molecule has 220 valence electrons. The van der Waals surface area contributed by atoms with E-state index in [1.54, 1.807) is 22.4 Å². The molecule has 0 saturated heterocycles. The number of halogens is 1. The summed E-state index contributed by atoms with van der Waals surface area (Å²) in [5.41, 5.74) is 3.81. The Kier molecular flexibility index (Phi) is 10.1. The molecule has 0 atom stereocenters. The van der Waals surface area contributed by atoms with Crippen molar-refractivity contribution in [2.75, 3.05) is 13.1 Å². The van der Waals surface area contributed by atoms with Crippen molar-refractivity contribution in [3.05, 3.63) is 148 Å². The van der Waals surface area contributed by atoms with Crippen LogP contribution >= 0.6 is 11.3 Å². The van der Waals surface area contributed by atoms with E-state index in [2.05, 4.69) is 34.6 Å². The standard InChI is InChI=1S/C35H35FN4O2S/c1-2-21-40(35(42)30-17-9-10-18-31(30)36)23-28-16-11-22-39(28)24-33-38-32(25-43-33)34(41)37-20-19-29(26-12-5-3-6-13-26)27-14-7-4-8-15-27/h3-18,22,25,29H,2,19-21,23-24H2,1H3,(H,37,41). The first-order valence-corrected chi connectivity index (χ1v) is 15.4. The smallest absolute Gasteiger partial charge is 0.270 e. The average molecular weight is 595 g/mol. The monoisotopic (exact) mass is 594 g/mol. The number of hydrogen-bond acceptors (Lipinski definition) is 4. The molecule has 0 fully saturated rings. The summed E-state index contributed by atoms with van der Waals surface area (Å²) in [7, 11) is 0. The minimum Gasteiger partial charge on any atom is -0.351 e. The van der Waals surface area contributed by atoms with Crippen molar-refractivity contribution in [1.82, 2.24) is 19.8 Å². The average Bonchev–Trinajstić information content (AvgIpc) is 3.69. The van der Waals surface area contributed by atoms with Crippen LogP contribution in [0, 0.1) is 5.82 Å². The SMILES string of the molecule is CCCN(Cc1cccn1Cc1nc(C(=O)NCCC(c2ccccc2)c2ccccc2)cs1)C(=O)c1ccccc1F. The minimum atomic E-state index is -0.520. The first-order valence-electron chi connectivity index (χ1n) is 14.5. The molecule has 0 spiro atoms. The quantitative estimate of drug-likeness (QED) is 0.158. The van der Waals surface area contributed by atoms with E-state index in [0.29, 0.717) is 31.9 Å². The number of rotatable bonds is 13. The topological polar surface area (TPSA) is 67.2 Å². The molecular weight excluding hydrogens is 559 g/mol. The molecule has 0 aliphatic rings. The highest BCUT2D eigenvalue weighted by Gasteiger charge is 2.21. The van der Waals surface area contributed by atoms with E-state index < -0.39 is 5.82 Å². The summed E-state index contributed by atoms with van der Waals surface area (Å²) >= 11 is 1.43. The zero-order valence-corrected chi connectivity index (χ0v) is 25.0. The third kappa shape index (κ3) is 7.64. The van der Waals surface area contributed by atoms with Crippen LogP contribution in [0.1, 0.15) is 68.4 Å². The Morgan fingerprint density at radius 1 is 0.930 bits per heavy atom. The number of nitrogens with zero attached hydrogens (tertiary/aromatic N) is 3. The van der Waals surface area contributed by atoms with Crippen LogP contribution in [-0.2, 0) is 13.1 Å². The van der Waals surface area contributed by atoms with Crippen molar-refractivity contribution >= 4 is 23.2 Å². The van der Waals surface area contributed by atoms with Gasteiger partial charge in [0.2, 0.25) is 0 Å². The fourth-order valence-electron chi connectivity index (χ4n) is 5.22. The van der Waals surface area contributed by atoms with Gasteiger partial charge in [-0.15, -0.1) is 11.3 Å². The lowest BCUT2D eigenvalue weighted by molar-refractivity contribution is 0.0734. The van der Waals surface area contributed by atoms with Gasteiger partial charge in [-0.05, 0) is 48.2 Å². The molecule has 3 aromatic carbocycles. The second-order valence-corrected chi connectivity index (χ2v) is 11.3. The van der Waals surface area contributed by atoms with Gasteiger partial charge in [0.05, 0.1) is 18.7 Å². The number of benzene rings is 3. The molecule has 5 aromatic rings. The number of nitrogens with one attached hydrogen (secondary N) is 1. The molecule has 43 heavy (non-hydrogen) atoms. The molecule has 0 aliphatic heterocycles. The molecule has 5 rings (SSSR count). The summed E-state index contributed by atoms with van der Waals surface area (Å²) in [5.74, 6) is -0.867. The lowest BCUT2D eigenvalue weighted by atomic mass is 9.88. The van der Waals surface area contributed by atoms with Crippen LogP contribution in [0.3, 0.4) is 0 Å².